The molecule has 20 heavy (non-hydrogen) atoms. The van der Waals surface area contributed by atoms with Gasteiger partial charge < -0.3 is 10.1 Å². The van der Waals surface area contributed by atoms with Crippen molar-refractivity contribution in [2.75, 3.05) is 0 Å². The van der Waals surface area contributed by atoms with Gasteiger partial charge in [0, 0.05) is 5.56 Å². The maximum Gasteiger partial charge on any atom is 0.408 e. The number of carbonyl (C=O) groups is 1. The van der Waals surface area contributed by atoms with E-state index in [0.29, 0.717) is 0 Å². The van der Waals surface area contributed by atoms with Crippen LogP contribution in [-0.2, 0) is 4.74 Å². The van der Waals surface area contributed by atoms with E-state index in [9.17, 15) is 18.0 Å². The first-order chi connectivity index (χ1) is 9.22. The molecule has 0 aliphatic carbocycles. The number of carbonyl (C=O) groups excluding carboxylic acids is 1. The number of benzene rings is 1. The topological polar surface area (TPSA) is 38.3 Å². The molecule has 1 aliphatic rings. The molecule has 1 heterocycles. The molecule has 1 saturated heterocycles. The summed E-state index contributed by atoms with van der Waals surface area (Å²) < 4.78 is 43.4. The van der Waals surface area contributed by atoms with Crippen molar-refractivity contribution in [3.63, 3.8) is 0 Å². The van der Waals surface area contributed by atoms with Crippen LogP contribution in [0.5, 0.6) is 0 Å². The van der Waals surface area contributed by atoms with E-state index in [4.69, 9.17) is 4.74 Å². The summed E-state index contributed by atoms with van der Waals surface area (Å²) in [6.07, 6.45) is -1.47. The first kappa shape index (κ1) is 16.3. The van der Waals surface area contributed by atoms with Crippen LogP contribution in [0.2, 0.25) is 0 Å². The average Bonchev–Trinajstić information content (AvgIpc) is 2.64. The number of halogens is 3. The quantitative estimate of drug-likeness (QED) is 0.795. The molecule has 0 radical (unpaired) electrons. The van der Waals surface area contributed by atoms with E-state index in [-0.39, 0.29) is 5.56 Å². The molecule has 1 aliphatic heterocycles. The van der Waals surface area contributed by atoms with Crippen molar-refractivity contribution in [2.45, 2.75) is 39.8 Å². The van der Waals surface area contributed by atoms with Crippen molar-refractivity contribution < 1.29 is 22.7 Å². The lowest BCUT2D eigenvalue weighted by Gasteiger charge is -2.13. The Morgan fingerprint density at radius 3 is 1.95 bits per heavy atom. The fourth-order valence-corrected chi connectivity index (χ4v) is 1.61. The fraction of sp³-hybridized carbons (Fsp3) is 0.500. The summed E-state index contributed by atoms with van der Waals surface area (Å²) in [5, 5.41) is 2.42. The summed E-state index contributed by atoms with van der Waals surface area (Å²) in [7, 11) is 0. The predicted molar refractivity (Wildman–Crippen MR) is 68.6 cm³/mol. The van der Waals surface area contributed by atoms with Gasteiger partial charge in [0.05, 0.1) is 6.04 Å². The van der Waals surface area contributed by atoms with Crippen LogP contribution >= 0.6 is 0 Å². The van der Waals surface area contributed by atoms with E-state index in [1.165, 1.54) is 0 Å². The zero-order chi connectivity index (χ0) is 15.4. The molecule has 2 atom stereocenters. The van der Waals surface area contributed by atoms with Gasteiger partial charge in [-0.15, -0.1) is 0 Å². The highest BCUT2D eigenvalue weighted by atomic mass is 19.2. The standard InChI is InChI=1S/C10H8F3NO2.C4H10/c1-4-9(16-10(15)14-4)5-2-6(11)8(13)7(12)3-5;1-4(2)3/h2-4,9H,1H3,(H,14,15);4H,1-3H3/t4-,9-;/m0./s1. The minimum Gasteiger partial charge on any atom is -0.439 e. The molecule has 3 nitrogen and oxygen atoms in total. The third-order valence-electron chi connectivity index (χ3n) is 2.37. The molecule has 1 amide bonds. The lowest BCUT2D eigenvalue weighted by atomic mass is 10.0. The SMILES string of the molecule is CC(C)C.C[C@@H]1NC(=O)O[C@@H]1c1cc(F)c(F)c(F)c1. The van der Waals surface area contributed by atoms with Crippen molar-refractivity contribution in [3.8, 4) is 0 Å². The van der Waals surface area contributed by atoms with E-state index in [2.05, 4.69) is 26.1 Å². The first-order valence-corrected chi connectivity index (χ1v) is 6.34. The second kappa shape index (κ2) is 6.63. The highest BCUT2D eigenvalue weighted by molar-refractivity contribution is 5.70. The fourth-order valence-electron chi connectivity index (χ4n) is 1.61. The molecule has 1 aromatic carbocycles. The Morgan fingerprint density at radius 2 is 1.60 bits per heavy atom. The highest BCUT2D eigenvalue weighted by Gasteiger charge is 2.33. The number of ether oxygens (including phenoxy) is 1. The van der Waals surface area contributed by atoms with Gasteiger partial charge in [0.25, 0.3) is 0 Å². The molecule has 0 spiro atoms. The second-order valence-electron chi connectivity index (χ2n) is 5.29. The van der Waals surface area contributed by atoms with Gasteiger partial charge >= 0.3 is 6.09 Å². The molecule has 0 saturated carbocycles. The zero-order valence-corrected chi connectivity index (χ0v) is 11.8. The Balaban J connectivity index is 0.000000444. The third kappa shape index (κ3) is 4.15. The van der Waals surface area contributed by atoms with Crippen LogP contribution < -0.4 is 5.32 Å². The molecule has 1 N–H and O–H groups in total. The highest BCUT2D eigenvalue weighted by Crippen LogP contribution is 2.28. The largest absolute Gasteiger partial charge is 0.439 e. The zero-order valence-electron chi connectivity index (χ0n) is 11.8. The second-order valence-corrected chi connectivity index (χ2v) is 5.29. The number of rotatable bonds is 1. The van der Waals surface area contributed by atoms with Crippen molar-refractivity contribution >= 4 is 6.09 Å². The predicted octanol–water partition coefficient (Wildman–Crippen LogP) is 3.94. The van der Waals surface area contributed by atoms with Crippen molar-refractivity contribution in [1.29, 1.82) is 0 Å². The van der Waals surface area contributed by atoms with Crippen LogP contribution in [0.1, 0.15) is 39.4 Å². The summed E-state index contributed by atoms with van der Waals surface area (Å²) in [5.41, 5.74) is 0.0854. The molecule has 112 valence electrons. The van der Waals surface area contributed by atoms with E-state index >= 15 is 0 Å². The van der Waals surface area contributed by atoms with E-state index in [1.54, 1.807) is 6.92 Å². The van der Waals surface area contributed by atoms with Gasteiger partial charge in [-0.3, -0.25) is 0 Å². The van der Waals surface area contributed by atoms with Crippen molar-refractivity contribution in [3.05, 3.63) is 35.1 Å². The first-order valence-electron chi connectivity index (χ1n) is 6.34. The normalized spacial score (nSPS) is 21.1. The molecule has 0 bridgehead atoms. The minimum atomic E-state index is -1.53. The number of amides is 1. The van der Waals surface area contributed by atoms with Gasteiger partial charge in [0.2, 0.25) is 0 Å². The van der Waals surface area contributed by atoms with Crippen LogP contribution in [0.15, 0.2) is 12.1 Å². The number of hydrogen-bond acceptors (Lipinski definition) is 2. The van der Waals surface area contributed by atoms with Gasteiger partial charge in [-0.1, -0.05) is 20.8 Å². The smallest absolute Gasteiger partial charge is 0.408 e. The molecule has 6 heteroatoms. The van der Waals surface area contributed by atoms with Gasteiger partial charge in [0.1, 0.15) is 6.10 Å². The van der Waals surface area contributed by atoms with Gasteiger partial charge in [0.15, 0.2) is 17.5 Å². The van der Waals surface area contributed by atoms with Crippen molar-refractivity contribution in [1.82, 2.24) is 5.32 Å². The summed E-state index contributed by atoms with van der Waals surface area (Å²) in [5.74, 6) is -3.30. The van der Waals surface area contributed by atoms with Gasteiger partial charge in [-0.05, 0) is 25.0 Å². The molecule has 0 aromatic heterocycles. The Bertz CT molecular complexity index is 466. The summed E-state index contributed by atoms with van der Waals surface area (Å²) in [6, 6.07) is 1.22. The van der Waals surface area contributed by atoms with Crippen LogP contribution in [0.25, 0.3) is 0 Å². The summed E-state index contributed by atoms with van der Waals surface area (Å²) in [6.45, 7) is 8.12. The van der Waals surface area contributed by atoms with Crippen LogP contribution in [-0.4, -0.2) is 12.1 Å². The third-order valence-corrected chi connectivity index (χ3v) is 2.37. The van der Waals surface area contributed by atoms with Gasteiger partial charge in [-0.25, -0.2) is 18.0 Å². The number of cyclic esters (lactones) is 1. The minimum absolute atomic E-state index is 0.0854. The Hall–Kier alpha value is -1.72. The van der Waals surface area contributed by atoms with Crippen LogP contribution in [0, 0.1) is 23.4 Å². The lowest BCUT2D eigenvalue weighted by Crippen LogP contribution is -2.24. The molecular formula is C14H18F3NO2. The average molecular weight is 289 g/mol. The summed E-state index contributed by atoms with van der Waals surface area (Å²) in [4.78, 5) is 10.9. The van der Waals surface area contributed by atoms with E-state index in [1.807, 2.05) is 0 Å². The van der Waals surface area contributed by atoms with E-state index in [0.717, 1.165) is 18.1 Å². The maximum absolute atomic E-state index is 12.9. The Kier molecular flexibility index (Phi) is 5.42. The van der Waals surface area contributed by atoms with Gasteiger partial charge in [-0.2, -0.15) is 0 Å². The Labute approximate surface area is 116 Å². The van der Waals surface area contributed by atoms with Crippen LogP contribution in [0.3, 0.4) is 0 Å². The lowest BCUT2D eigenvalue weighted by molar-refractivity contribution is 0.133. The number of nitrogens with one attached hydrogen (secondary N) is 1. The van der Waals surface area contributed by atoms with Crippen LogP contribution in [0.4, 0.5) is 18.0 Å². The number of alkyl carbamates (subject to hydrolysis) is 1. The number of hydrogen-bond donors (Lipinski definition) is 1. The maximum atomic E-state index is 12.9. The molecule has 1 fully saturated rings. The van der Waals surface area contributed by atoms with Crippen molar-refractivity contribution in [2.24, 2.45) is 5.92 Å². The van der Waals surface area contributed by atoms with E-state index < -0.39 is 35.7 Å². The summed E-state index contributed by atoms with van der Waals surface area (Å²) >= 11 is 0. The molecule has 0 unspecified atom stereocenters. The Morgan fingerprint density at radius 1 is 1.15 bits per heavy atom. The molecular weight excluding hydrogens is 271 g/mol. The molecule has 1 aromatic rings. The monoisotopic (exact) mass is 289 g/mol. The molecule has 2 rings (SSSR count).